The Kier molecular flexibility index (Phi) is 6.22. The Hall–Kier alpha value is -2.07. The molecule has 3 rings (SSSR count). The Labute approximate surface area is 138 Å². The number of hydrogen-bond acceptors (Lipinski definition) is 2. The zero-order valence-electron chi connectivity index (χ0n) is 12.4. The van der Waals surface area contributed by atoms with E-state index in [9.17, 15) is 4.79 Å². The molecule has 0 N–H and O–H groups in total. The molecule has 0 atom stereocenters. The normalized spacial score (nSPS) is 9.91. The van der Waals surface area contributed by atoms with Crippen LogP contribution in [0.15, 0.2) is 65.3 Å². The summed E-state index contributed by atoms with van der Waals surface area (Å²) in [5.74, 6) is 0. The molecule has 4 heteroatoms. The minimum atomic E-state index is 0.431. The third kappa shape index (κ3) is 4.21. The lowest BCUT2D eigenvalue weighted by atomic mass is 10.2. The first-order valence-electron chi connectivity index (χ1n) is 7.08. The third-order valence-electron chi connectivity index (χ3n) is 3.17. The van der Waals surface area contributed by atoms with Crippen LogP contribution in [0.2, 0.25) is 0 Å². The van der Waals surface area contributed by atoms with Crippen LogP contribution in [0.3, 0.4) is 0 Å². The van der Waals surface area contributed by atoms with Crippen LogP contribution in [-0.4, -0.2) is 17.6 Å². The molecule has 0 unspecified atom stereocenters. The van der Waals surface area contributed by atoms with Crippen molar-refractivity contribution in [3.63, 3.8) is 0 Å². The van der Waals surface area contributed by atoms with Crippen LogP contribution >= 0.6 is 15.9 Å². The highest BCUT2D eigenvalue weighted by molar-refractivity contribution is 9.10. The molecule has 0 fully saturated rings. The minimum Gasteiger partial charge on any atom is -0.468 e. The van der Waals surface area contributed by atoms with Gasteiger partial charge in [0, 0.05) is 22.6 Å². The van der Waals surface area contributed by atoms with E-state index < -0.39 is 0 Å². The number of rotatable bonds is 4. The summed E-state index contributed by atoms with van der Waals surface area (Å²) in [4.78, 5) is 9.18. The van der Waals surface area contributed by atoms with Gasteiger partial charge in [-0.1, -0.05) is 42.5 Å². The van der Waals surface area contributed by atoms with Gasteiger partial charge in [-0.3, -0.25) is 4.79 Å². The number of aromatic nitrogens is 1. The molecule has 3 aromatic rings. The molecule has 0 aliphatic carbocycles. The highest BCUT2D eigenvalue weighted by Crippen LogP contribution is 2.25. The van der Waals surface area contributed by atoms with Gasteiger partial charge in [-0.2, -0.15) is 0 Å². The quantitative estimate of drug-likeness (QED) is 0.635. The summed E-state index contributed by atoms with van der Waals surface area (Å²) in [6, 6.07) is 19.0. The van der Waals surface area contributed by atoms with Crippen molar-refractivity contribution >= 4 is 33.3 Å². The Bertz CT molecular complexity index is 722. The smallest absolute Gasteiger partial charge is 0.293 e. The molecular weight excluding hydrogens is 342 g/mol. The van der Waals surface area contributed by atoms with Crippen LogP contribution in [0.1, 0.15) is 12.5 Å². The molecule has 0 bridgehead atoms. The molecule has 0 aliphatic rings. The van der Waals surface area contributed by atoms with E-state index in [0.717, 1.165) is 11.0 Å². The summed E-state index contributed by atoms with van der Waals surface area (Å²) < 4.78 is 7.57. The van der Waals surface area contributed by atoms with Gasteiger partial charge in [-0.25, -0.2) is 0 Å². The monoisotopic (exact) mass is 359 g/mol. The van der Waals surface area contributed by atoms with Crippen LogP contribution in [-0.2, 0) is 16.1 Å². The van der Waals surface area contributed by atoms with Crippen LogP contribution < -0.4 is 0 Å². The summed E-state index contributed by atoms with van der Waals surface area (Å²) >= 11 is 3.62. The average molecular weight is 360 g/mol. The first kappa shape index (κ1) is 16.3. The van der Waals surface area contributed by atoms with E-state index in [0.29, 0.717) is 13.1 Å². The minimum absolute atomic E-state index is 0.431. The van der Waals surface area contributed by atoms with E-state index >= 15 is 0 Å². The van der Waals surface area contributed by atoms with E-state index in [1.807, 2.05) is 6.07 Å². The Morgan fingerprint density at radius 2 is 1.86 bits per heavy atom. The van der Waals surface area contributed by atoms with Gasteiger partial charge < -0.3 is 9.30 Å². The molecule has 22 heavy (non-hydrogen) atoms. The fourth-order valence-corrected chi connectivity index (χ4v) is 2.80. The number of ether oxygens (including phenoxy) is 1. The first-order chi connectivity index (χ1) is 10.8. The largest absolute Gasteiger partial charge is 0.468 e. The van der Waals surface area contributed by atoms with Crippen LogP contribution in [0, 0.1) is 0 Å². The summed E-state index contributed by atoms with van der Waals surface area (Å²) in [5.41, 5.74) is 2.58. The number of fused-ring (bicyclic) bond motifs is 1. The van der Waals surface area contributed by atoms with Gasteiger partial charge in [0.15, 0.2) is 0 Å². The van der Waals surface area contributed by atoms with Crippen molar-refractivity contribution in [2.24, 2.45) is 0 Å². The second kappa shape index (κ2) is 8.39. The van der Waals surface area contributed by atoms with Crippen molar-refractivity contribution in [3.8, 4) is 0 Å². The van der Waals surface area contributed by atoms with Gasteiger partial charge in [0.2, 0.25) is 0 Å². The number of nitrogens with zero attached hydrogens (tertiary/aromatic N) is 1. The lowest BCUT2D eigenvalue weighted by Crippen LogP contribution is -1.97. The lowest BCUT2D eigenvalue weighted by Gasteiger charge is -2.06. The average Bonchev–Trinajstić information content (AvgIpc) is 2.94. The molecule has 0 amide bonds. The molecule has 0 saturated heterocycles. The molecule has 1 heterocycles. The van der Waals surface area contributed by atoms with Crippen LogP contribution in [0.4, 0.5) is 0 Å². The van der Waals surface area contributed by atoms with Crippen molar-refractivity contribution in [1.82, 2.24) is 4.57 Å². The highest BCUT2D eigenvalue weighted by atomic mass is 79.9. The van der Waals surface area contributed by atoms with Gasteiger partial charge in [0.05, 0.1) is 12.1 Å². The molecule has 0 spiro atoms. The van der Waals surface area contributed by atoms with Crippen LogP contribution in [0.5, 0.6) is 0 Å². The zero-order valence-corrected chi connectivity index (χ0v) is 14.0. The fraction of sp³-hybridized carbons (Fsp3) is 0.167. The first-order valence-corrected chi connectivity index (χ1v) is 7.88. The number of hydrogen-bond donors (Lipinski definition) is 0. The second-order valence-electron chi connectivity index (χ2n) is 4.66. The van der Waals surface area contributed by atoms with Crippen molar-refractivity contribution in [2.45, 2.75) is 13.5 Å². The molecule has 0 radical (unpaired) electrons. The third-order valence-corrected chi connectivity index (χ3v) is 3.81. The Balaban J connectivity index is 0.000000309. The SMILES string of the molecule is Brc1cccc2ccn(Cc3ccccc3)c12.CCOC=O. The molecule has 2 aromatic carbocycles. The van der Waals surface area contributed by atoms with E-state index in [-0.39, 0.29) is 0 Å². The Morgan fingerprint density at radius 3 is 2.50 bits per heavy atom. The number of halogens is 1. The topological polar surface area (TPSA) is 31.2 Å². The molecule has 114 valence electrons. The maximum Gasteiger partial charge on any atom is 0.293 e. The molecule has 3 nitrogen and oxygen atoms in total. The van der Waals surface area contributed by atoms with Gasteiger partial charge in [0.1, 0.15) is 0 Å². The van der Waals surface area contributed by atoms with Gasteiger partial charge in [-0.05, 0) is 40.5 Å². The second-order valence-corrected chi connectivity index (χ2v) is 5.51. The van der Waals surface area contributed by atoms with Gasteiger partial charge >= 0.3 is 0 Å². The maximum atomic E-state index is 9.18. The summed E-state index contributed by atoms with van der Waals surface area (Å²) in [6.07, 6.45) is 2.14. The molecule has 1 aromatic heterocycles. The number of benzene rings is 2. The lowest BCUT2D eigenvalue weighted by molar-refractivity contribution is -0.128. The molecule has 0 aliphatic heterocycles. The number of para-hydroxylation sites is 1. The van der Waals surface area contributed by atoms with E-state index in [1.54, 1.807) is 6.92 Å². The summed E-state index contributed by atoms with van der Waals surface area (Å²) in [6.45, 7) is 3.57. The van der Waals surface area contributed by atoms with Gasteiger partial charge in [0.25, 0.3) is 6.47 Å². The number of carbonyl (C=O) groups is 1. The van der Waals surface area contributed by atoms with Gasteiger partial charge in [-0.15, -0.1) is 0 Å². The highest BCUT2D eigenvalue weighted by Gasteiger charge is 2.04. The van der Waals surface area contributed by atoms with Crippen molar-refractivity contribution in [3.05, 3.63) is 70.8 Å². The van der Waals surface area contributed by atoms with Crippen molar-refractivity contribution in [2.75, 3.05) is 6.61 Å². The molecule has 0 saturated carbocycles. The predicted octanol–water partition coefficient (Wildman–Crippen LogP) is 4.63. The van der Waals surface area contributed by atoms with Crippen molar-refractivity contribution in [1.29, 1.82) is 0 Å². The van der Waals surface area contributed by atoms with E-state index in [4.69, 9.17) is 0 Å². The maximum absolute atomic E-state index is 9.18. The predicted molar refractivity (Wildman–Crippen MR) is 92.9 cm³/mol. The van der Waals surface area contributed by atoms with E-state index in [2.05, 4.69) is 80.0 Å². The van der Waals surface area contributed by atoms with Crippen LogP contribution in [0.25, 0.3) is 10.9 Å². The standard InChI is InChI=1S/C15H12BrN.C3H6O2/c16-14-8-4-7-13-9-10-17(15(13)14)11-12-5-2-1-3-6-12;1-2-5-3-4/h1-10H,11H2;3H,2H2,1H3. The van der Waals surface area contributed by atoms with E-state index in [1.165, 1.54) is 16.5 Å². The fourth-order valence-electron chi connectivity index (χ4n) is 2.19. The Morgan fingerprint density at radius 1 is 1.09 bits per heavy atom. The van der Waals surface area contributed by atoms with Crippen molar-refractivity contribution < 1.29 is 9.53 Å². The molecular formula is C18H18BrNO2. The summed E-state index contributed by atoms with van der Waals surface area (Å²) in [5, 5.41) is 1.27. The zero-order chi connectivity index (χ0) is 15.8. The summed E-state index contributed by atoms with van der Waals surface area (Å²) in [7, 11) is 0. The number of carbonyl (C=O) groups excluding carboxylic acids is 1.